The normalized spacial score (nSPS) is 10.8. The fourth-order valence-electron chi connectivity index (χ4n) is 2.89. The fourth-order valence-corrected chi connectivity index (χ4v) is 3.11. The molecule has 0 bridgehead atoms. The highest BCUT2D eigenvalue weighted by atomic mass is 35.5. The van der Waals surface area contributed by atoms with Crippen LogP contribution in [-0.4, -0.2) is 28.0 Å². The molecule has 0 fully saturated rings. The standard InChI is InChI=1S/C23H19ClF3N5O5/c24-18-6-3-14(11-17(18)23(25,26)27)30-22(35)29-13-1-4-15(5-2-13)37-16-9-10-28-19(12-16)31-20(33)7-8-21(34)32-36/h1-6,9-12,36H,7-8H2,(H,32,34)(H,28,31,33)(H2,29,30,35). The van der Waals surface area contributed by atoms with Gasteiger partial charge in [-0.2, -0.15) is 13.2 Å². The number of aromatic nitrogens is 1. The smallest absolute Gasteiger partial charge is 0.417 e. The zero-order valence-corrected chi connectivity index (χ0v) is 19.5. The van der Waals surface area contributed by atoms with Crippen molar-refractivity contribution >= 4 is 46.6 Å². The molecule has 4 amide bonds. The van der Waals surface area contributed by atoms with Gasteiger partial charge in [0.05, 0.1) is 10.6 Å². The third-order valence-corrected chi connectivity index (χ3v) is 4.91. The Morgan fingerprint density at radius 1 is 0.865 bits per heavy atom. The van der Waals surface area contributed by atoms with Gasteiger partial charge in [-0.3, -0.25) is 14.8 Å². The van der Waals surface area contributed by atoms with Gasteiger partial charge >= 0.3 is 12.2 Å². The van der Waals surface area contributed by atoms with Crippen LogP contribution >= 0.6 is 11.6 Å². The van der Waals surface area contributed by atoms with Gasteiger partial charge in [0, 0.05) is 36.5 Å². The molecule has 2 aromatic carbocycles. The van der Waals surface area contributed by atoms with Crippen LogP contribution in [0.4, 0.5) is 35.2 Å². The van der Waals surface area contributed by atoms with Crippen LogP contribution < -0.4 is 26.2 Å². The molecule has 10 nitrogen and oxygen atoms in total. The minimum absolute atomic E-state index is 0.0913. The summed E-state index contributed by atoms with van der Waals surface area (Å²) in [4.78, 5) is 39.0. The van der Waals surface area contributed by atoms with E-state index >= 15 is 0 Å². The molecule has 3 rings (SSSR count). The molecular weight excluding hydrogens is 519 g/mol. The Balaban J connectivity index is 1.55. The van der Waals surface area contributed by atoms with Crippen LogP contribution in [-0.2, 0) is 15.8 Å². The fraction of sp³-hybridized carbons (Fsp3) is 0.130. The topological polar surface area (TPSA) is 142 Å². The van der Waals surface area contributed by atoms with Gasteiger partial charge in [-0.25, -0.2) is 15.3 Å². The maximum Gasteiger partial charge on any atom is 0.417 e. The summed E-state index contributed by atoms with van der Waals surface area (Å²) in [6, 6.07) is 11.3. The highest BCUT2D eigenvalue weighted by Gasteiger charge is 2.33. The number of rotatable bonds is 8. The molecule has 1 heterocycles. The number of pyridine rings is 1. The Morgan fingerprint density at radius 3 is 2.19 bits per heavy atom. The molecule has 37 heavy (non-hydrogen) atoms. The van der Waals surface area contributed by atoms with Crippen molar-refractivity contribution in [2.75, 3.05) is 16.0 Å². The van der Waals surface area contributed by atoms with Crippen molar-refractivity contribution < 1.29 is 37.5 Å². The van der Waals surface area contributed by atoms with E-state index in [2.05, 4.69) is 20.9 Å². The molecule has 0 radical (unpaired) electrons. The molecular formula is C23H19ClF3N5O5. The number of nitrogens with zero attached hydrogens (tertiary/aromatic N) is 1. The van der Waals surface area contributed by atoms with Gasteiger partial charge in [0.15, 0.2) is 0 Å². The molecule has 0 aliphatic carbocycles. The number of urea groups is 1. The summed E-state index contributed by atoms with van der Waals surface area (Å²) in [7, 11) is 0. The Morgan fingerprint density at radius 2 is 1.51 bits per heavy atom. The van der Waals surface area contributed by atoms with E-state index in [1.54, 1.807) is 0 Å². The number of hydroxylamine groups is 1. The van der Waals surface area contributed by atoms with E-state index in [1.165, 1.54) is 54.1 Å². The van der Waals surface area contributed by atoms with Gasteiger partial charge in [0.2, 0.25) is 11.8 Å². The number of carbonyl (C=O) groups is 3. The van der Waals surface area contributed by atoms with Crippen LogP contribution in [0, 0.1) is 0 Å². The van der Waals surface area contributed by atoms with Crippen LogP contribution in [0.25, 0.3) is 0 Å². The Kier molecular flexibility index (Phi) is 8.87. The van der Waals surface area contributed by atoms with Gasteiger partial charge < -0.3 is 20.7 Å². The number of halogens is 4. The Bertz CT molecular complexity index is 1290. The maximum absolute atomic E-state index is 13.0. The van der Waals surface area contributed by atoms with Gasteiger partial charge in [0.1, 0.15) is 17.3 Å². The van der Waals surface area contributed by atoms with Crippen LogP contribution in [0.15, 0.2) is 60.8 Å². The molecule has 0 aliphatic rings. The quantitative estimate of drug-likeness (QED) is 0.192. The first-order chi connectivity index (χ1) is 17.5. The van der Waals surface area contributed by atoms with Crippen LogP contribution in [0.2, 0.25) is 5.02 Å². The first-order valence-electron chi connectivity index (χ1n) is 10.4. The third-order valence-electron chi connectivity index (χ3n) is 4.58. The third kappa shape index (κ3) is 8.37. The van der Waals surface area contributed by atoms with Crippen molar-refractivity contribution in [2.45, 2.75) is 19.0 Å². The van der Waals surface area contributed by atoms with Crippen LogP contribution in [0.5, 0.6) is 11.5 Å². The summed E-state index contributed by atoms with van der Waals surface area (Å²) in [6.45, 7) is 0. The predicted molar refractivity (Wildman–Crippen MR) is 128 cm³/mol. The van der Waals surface area contributed by atoms with E-state index in [9.17, 15) is 27.6 Å². The number of alkyl halides is 3. The predicted octanol–water partition coefficient (Wildman–Crippen LogP) is 5.41. The molecule has 3 aromatic rings. The van der Waals surface area contributed by atoms with E-state index in [-0.39, 0.29) is 24.3 Å². The Hall–Kier alpha value is -4.36. The Labute approximate surface area is 212 Å². The molecule has 0 saturated heterocycles. The molecule has 194 valence electrons. The number of amides is 4. The van der Waals surface area contributed by atoms with Gasteiger partial charge in [-0.15, -0.1) is 0 Å². The molecule has 0 spiro atoms. The van der Waals surface area contributed by atoms with Crippen molar-refractivity contribution in [1.29, 1.82) is 0 Å². The van der Waals surface area contributed by atoms with E-state index in [0.717, 1.165) is 12.1 Å². The van der Waals surface area contributed by atoms with Crippen LogP contribution in [0.3, 0.4) is 0 Å². The minimum atomic E-state index is -4.67. The maximum atomic E-state index is 13.0. The van der Waals surface area contributed by atoms with Crippen molar-refractivity contribution in [2.24, 2.45) is 0 Å². The summed E-state index contributed by atoms with van der Waals surface area (Å²) < 4.78 is 44.7. The largest absolute Gasteiger partial charge is 0.457 e. The van der Waals surface area contributed by atoms with Gasteiger partial charge in [-0.05, 0) is 48.5 Å². The number of hydrogen-bond acceptors (Lipinski definition) is 6. The van der Waals surface area contributed by atoms with Gasteiger partial charge in [-0.1, -0.05) is 11.6 Å². The number of ether oxygens (including phenoxy) is 1. The van der Waals surface area contributed by atoms with E-state index in [4.69, 9.17) is 21.5 Å². The highest BCUT2D eigenvalue weighted by molar-refractivity contribution is 6.31. The molecule has 0 aliphatic heterocycles. The molecule has 0 atom stereocenters. The SMILES string of the molecule is O=C(CCC(=O)Nc1cc(Oc2ccc(NC(=O)Nc3ccc(Cl)c(C(F)(F)F)c3)cc2)ccn1)NO. The number of hydrogen-bond donors (Lipinski definition) is 5. The summed E-state index contributed by atoms with van der Waals surface area (Å²) in [5, 5.41) is 15.3. The van der Waals surface area contributed by atoms with E-state index in [0.29, 0.717) is 17.2 Å². The number of benzene rings is 2. The number of anilines is 3. The van der Waals surface area contributed by atoms with Crippen molar-refractivity contribution in [1.82, 2.24) is 10.5 Å². The van der Waals surface area contributed by atoms with Crippen molar-refractivity contribution in [3.05, 3.63) is 71.4 Å². The lowest BCUT2D eigenvalue weighted by Crippen LogP contribution is -2.21. The van der Waals surface area contributed by atoms with Gasteiger partial charge in [0.25, 0.3) is 0 Å². The van der Waals surface area contributed by atoms with Crippen LogP contribution in [0.1, 0.15) is 18.4 Å². The summed E-state index contributed by atoms with van der Waals surface area (Å²) in [6.07, 6.45) is -3.64. The molecule has 0 unspecified atom stereocenters. The number of nitrogens with one attached hydrogen (secondary N) is 4. The lowest BCUT2D eigenvalue weighted by atomic mass is 10.2. The molecule has 5 N–H and O–H groups in total. The first kappa shape index (κ1) is 27.2. The molecule has 1 aromatic heterocycles. The molecule has 14 heteroatoms. The second-order valence-electron chi connectivity index (χ2n) is 7.36. The first-order valence-corrected chi connectivity index (χ1v) is 10.8. The second-order valence-corrected chi connectivity index (χ2v) is 7.77. The number of carbonyl (C=O) groups excluding carboxylic acids is 3. The summed E-state index contributed by atoms with van der Waals surface area (Å²) >= 11 is 5.58. The second kappa shape index (κ2) is 12.1. The van der Waals surface area contributed by atoms with Crippen molar-refractivity contribution in [3.8, 4) is 11.5 Å². The zero-order valence-electron chi connectivity index (χ0n) is 18.7. The highest BCUT2D eigenvalue weighted by Crippen LogP contribution is 2.36. The van der Waals surface area contributed by atoms with E-state index in [1.807, 2.05) is 0 Å². The average Bonchev–Trinajstić information content (AvgIpc) is 2.84. The lowest BCUT2D eigenvalue weighted by molar-refractivity contribution is -0.137. The zero-order chi connectivity index (χ0) is 27.0. The summed E-state index contributed by atoms with van der Waals surface area (Å²) in [5.41, 5.74) is 0.609. The average molecular weight is 538 g/mol. The molecule has 0 saturated carbocycles. The monoisotopic (exact) mass is 537 g/mol. The minimum Gasteiger partial charge on any atom is -0.457 e. The lowest BCUT2D eigenvalue weighted by Gasteiger charge is -2.13. The van der Waals surface area contributed by atoms with Crippen molar-refractivity contribution in [3.63, 3.8) is 0 Å². The summed E-state index contributed by atoms with van der Waals surface area (Å²) in [5.74, 6) is -0.300. The van der Waals surface area contributed by atoms with E-state index < -0.39 is 34.6 Å².